The Morgan fingerprint density at radius 3 is 1.25 bits per heavy atom. The van der Waals surface area contributed by atoms with Crippen molar-refractivity contribution in [2.45, 2.75) is 0 Å². The van der Waals surface area contributed by atoms with Crippen molar-refractivity contribution in [1.82, 2.24) is 0 Å². The Morgan fingerprint density at radius 1 is 1.25 bits per heavy atom. The van der Waals surface area contributed by atoms with Crippen LogP contribution in [0.5, 0.6) is 0 Å². The van der Waals surface area contributed by atoms with Crippen molar-refractivity contribution in [3.05, 3.63) is 0 Å². The molecule has 0 saturated carbocycles. The van der Waals surface area contributed by atoms with Crippen LogP contribution in [0.1, 0.15) is 0 Å². The van der Waals surface area contributed by atoms with Crippen LogP contribution in [-0.4, -0.2) is 70.8 Å². The Bertz CT molecular complexity index is 8.00. The second-order valence-corrected chi connectivity index (χ2v) is 0. The molecule has 3 radical (unpaired) electrons. The zero-order valence-corrected chi connectivity index (χ0v) is 6.50. The Kier molecular flexibility index (Phi) is 75.4. The molecule has 0 amide bonds. The third-order valence-corrected chi connectivity index (χ3v) is 0. The maximum Gasteiger partial charge on any atom is 0 e. The van der Waals surface area contributed by atoms with Gasteiger partial charge in [-0.05, 0) is 0 Å². The first-order valence-electron chi connectivity index (χ1n) is 0.378. The van der Waals surface area contributed by atoms with E-state index < -0.39 is 0 Å². The summed E-state index contributed by atoms with van der Waals surface area (Å²) in [5.41, 5.74) is 0. The topological polar surface area (TPSA) is 0 Å². The molecule has 0 saturated heterocycles. The Morgan fingerprint density at radius 2 is 1.25 bits per heavy atom. The molecule has 0 aliphatic heterocycles. The number of hydrogen-bond donors (Lipinski definition) is 0. The van der Waals surface area contributed by atoms with E-state index in [1.165, 1.54) is 0 Å². The van der Waals surface area contributed by atoms with Gasteiger partial charge in [0.2, 0.25) is 0 Å². The molecular formula is FLiMgNa. The zero-order chi connectivity index (χ0) is 2.00. The standard InChI is InChI=1S/FH.Li.Mg.Na/h1H;;;/q;+1;;/p-1. The van der Waals surface area contributed by atoms with Crippen molar-refractivity contribution in [2.75, 3.05) is 0 Å². The predicted molar refractivity (Wildman–Crippen MR) is 18.4 cm³/mol. The predicted octanol–water partition coefficient (Wildman–Crippen LogP) is -0.722. The van der Waals surface area contributed by atoms with Crippen molar-refractivity contribution in [1.29, 1.82) is 0 Å². The molecule has 0 atom stereocenters. The second-order valence-electron chi connectivity index (χ2n) is 0. The maximum atomic E-state index is 9.50. The van der Waals surface area contributed by atoms with Crippen LogP contribution in [0.4, 0.5) is 3.38 Å². The minimum absolute atomic E-state index is 0. The molecule has 0 aliphatic rings. The summed E-state index contributed by atoms with van der Waals surface area (Å²) in [5, 5.41) is 0. The van der Waals surface area contributed by atoms with E-state index in [0.29, 0.717) is 18.2 Å². The van der Waals surface area contributed by atoms with Gasteiger partial charge in [-0.2, -0.15) is 0 Å². The van der Waals surface area contributed by atoms with Gasteiger partial charge in [-0.15, -0.1) is 0 Å². The van der Waals surface area contributed by atoms with Crippen molar-refractivity contribution < 1.29 is 3.38 Å². The van der Waals surface area contributed by atoms with Gasteiger partial charge in [-0.3, -0.25) is 0 Å². The van der Waals surface area contributed by atoms with E-state index in [-0.39, 0.29) is 52.6 Å². The first kappa shape index (κ1) is 16.3. The molecule has 0 unspecified atom stereocenters. The van der Waals surface area contributed by atoms with E-state index in [2.05, 4.69) is 0 Å². The summed E-state index contributed by atoms with van der Waals surface area (Å²) < 4.78 is 9.50. The van der Waals surface area contributed by atoms with Crippen LogP contribution in [0.2, 0.25) is 0 Å². The van der Waals surface area contributed by atoms with Gasteiger partial charge >= 0.3 is 21.6 Å². The van der Waals surface area contributed by atoms with Gasteiger partial charge in [-0.25, -0.2) is 0 Å². The minimum atomic E-state index is 0. The van der Waals surface area contributed by atoms with Crippen LogP contribution in [0, 0.1) is 0 Å². The first-order valence-corrected chi connectivity index (χ1v) is 0.378. The van der Waals surface area contributed by atoms with E-state index in [1.54, 1.807) is 0 Å². The average molecular weight is 73.2 g/mol. The summed E-state index contributed by atoms with van der Waals surface area (Å²) in [7, 11) is 0. The third-order valence-electron chi connectivity index (χ3n) is 0. The molecule has 0 aromatic heterocycles. The Balaban J connectivity index is -0.00000000500. The quantitative estimate of drug-likeness (QED) is 0.332. The maximum absolute atomic E-state index is 9.50. The Labute approximate surface area is 73.1 Å². The van der Waals surface area contributed by atoms with Crippen molar-refractivity contribution >= 4 is 70.8 Å². The summed E-state index contributed by atoms with van der Waals surface area (Å²) in [5.74, 6) is 0. The summed E-state index contributed by atoms with van der Waals surface area (Å²) >= 11 is 0.500. The van der Waals surface area contributed by atoms with E-state index >= 15 is 0 Å². The van der Waals surface area contributed by atoms with Crippen molar-refractivity contribution in [3.63, 3.8) is 0 Å². The van der Waals surface area contributed by atoms with Gasteiger partial charge in [0.05, 0.1) is 0 Å². The smallest absolute Gasteiger partial charge is 0 e. The fourth-order valence-electron chi connectivity index (χ4n) is 0. The molecule has 0 aromatic rings. The molecule has 11 valence electrons. The molecule has 0 heterocycles. The van der Waals surface area contributed by atoms with Gasteiger partial charge in [0.1, 0.15) is 0 Å². The molecule has 0 nitrogen and oxygen atoms in total. The molecule has 0 aromatic carbocycles. The average Bonchev–Trinajstić information content (AvgIpc) is 1.00. The van der Waals surface area contributed by atoms with Gasteiger partial charge in [0, 0.05) is 52.6 Å². The minimum Gasteiger partial charge on any atom is 0 e. The number of rotatable bonds is 0. The molecule has 0 aliphatic carbocycles. The third kappa shape index (κ3) is 8.85. The molecule has 0 bridgehead atoms. The van der Waals surface area contributed by atoms with E-state index in [0.717, 1.165) is 0 Å². The fraction of sp³-hybridized carbons (Fsp3) is 0. The van der Waals surface area contributed by atoms with Gasteiger partial charge < -0.3 is 0 Å². The molecule has 0 fully saturated rings. The molecule has 0 rings (SSSR count). The van der Waals surface area contributed by atoms with E-state index in [1.807, 2.05) is 0 Å². The monoisotopic (exact) mass is 73.0 g/mol. The fourth-order valence-corrected chi connectivity index (χ4v) is 0. The largest absolute Gasteiger partial charge is 0 e. The van der Waals surface area contributed by atoms with Crippen LogP contribution in [0.25, 0.3) is 0 Å². The van der Waals surface area contributed by atoms with Crippen LogP contribution < -0.4 is 0 Å². The first-order chi connectivity index (χ1) is 1.00. The zero-order valence-electron chi connectivity index (χ0n) is 3.09. The molecule has 4 heteroatoms. The summed E-state index contributed by atoms with van der Waals surface area (Å²) in [6.07, 6.45) is 0. The molecule has 4 heavy (non-hydrogen) atoms. The van der Waals surface area contributed by atoms with Gasteiger partial charge in [0.15, 0.2) is 0 Å². The normalized spacial score (nSPS) is 1.75. The summed E-state index contributed by atoms with van der Waals surface area (Å²) in [6, 6.07) is 0. The molecule has 0 spiro atoms. The summed E-state index contributed by atoms with van der Waals surface area (Å²) in [6.45, 7) is 0. The van der Waals surface area contributed by atoms with Crippen LogP contribution >= 0.6 is 0 Å². The Hall–Kier alpha value is 2.29. The second kappa shape index (κ2) is 18.6. The number of halogens is 1. The molecular weight excluding hydrogens is 73.2 g/mol. The van der Waals surface area contributed by atoms with Gasteiger partial charge in [0.25, 0.3) is 0 Å². The van der Waals surface area contributed by atoms with Crippen molar-refractivity contribution in [2.24, 2.45) is 0 Å². The van der Waals surface area contributed by atoms with E-state index in [9.17, 15) is 3.38 Å². The summed E-state index contributed by atoms with van der Waals surface area (Å²) in [4.78, 5) is 0. The van der Waals surface area contributed by atoms with Crippen LogP contribution in [0.3, 0.4) is 0 Å². The van der Waals surface area contributed by atoms with E-state index in [4.69, 9.17) is 0 Å². The van der Waals surface area contributed by atoms with Crippen LogP contribution in [-0.2, 0) is 0 Å². The van der Waals surface area contributed by atoms with Crippen molar-refractivity contribution in [3.8, 4) is 0 Å². The number of hydrogen-bond acceptors (Lipinski definition) is 0. The SMILES string of the molecule is [Li][F].[Mg].[Na]. The van der Waals surface area contributed by atoms with Crippen LogP contribution in [0.15, 0.2) is 0 Å². The van der Waals surface area contributed by atoms with Gasteiger partial charge in [-0.1, -0.05) is 0 Å². The molecule has 0 N–H and O–H groups in total.